The minimum absolute atomic E-state index is 0.519. The number of methoxy groups -OCH3 is 1. The first-order valence-corrected chi connectivity index (χ1v) is 6.89. The van der Waals surface area contributed by atoms with Gasteiger partial charge in [-0.1, -0.05) is 15.9 Å². The molecule has 7 nitrogen and oxygen atoms in total. The van der Waals surface area contributed by atoms with Crippen LogP contribution in [-0.4, -0.2) is 47.1 Å². The van der Waals surface area contributed by atoms with E-state index in [0.29, 0.717) is 37.9 Å². The fourth-order valence-corrected chi connectivity index (χ4v) is 2.21. The molecule has 0 aliphatic carbocycles. The summed E-state index contributed by atoms with van der Waals surface area (Å²) >= 11 is 3.41. The van der Waals surface area contributed by atoms with Gasteiger partial charge in [0.25, 0.3) is 0 Å². The molecular formula is C12H16BrN5O2. The van der Waals surface area contributed by atoms with Gasteiger partial charge in [-0.2, -0.15) is 0 Å². The van der Waals surface area contributed by atoms with E-state index in [1.165, 1.54) is 0 Å². The fraction of sp³-hybridized carbons (Fsp3) is 0.417. The molecule has 0 fully saturated rings. The van der Waals surface area contributed by atoms with Gasteiger partial charge in [-0.25, -0.2) is 4.68 Å². The second-order valence-electron chi connectivity index (χ2n) is 4.10. The number of benzene rings is 1. The monoisotopic (exact) mass is 341 g/mol. The maximum absolute atomic E-state index is 5.82. The van der Waals surface area contributed by atoms with E-state index in [2.05, 4.69) is 31.5 Å². The minimum Gasteiger partial charge on any atom is -0.399 e. The smallest absolute Gasteiger partial charge is 0.182 e. The topological polar surface area (TPSA) is 88.1 Å². The van der Waals surface area contributed by atoms with Crippen LogP contribution < -0.4 is 5.73 Å². The number of aromatic nitrogens is 4. The van der Waals surface area contributed by atoms with Crippen LogP contribution in [0.5, 0.6) is 0 Å². The second-order valence-corrected chi connectivity index (χ2v) is 5.02. The number of nitrogen functional groups attached to an aromatic ring is 1. The van der Waals surface area contributed by atoms with Crippen molar-refractivity contribution in [1.29, 1.82) is 0 Å². The van der Waals surface area contributed by atoms with Crippen molar-refractivity contribution in [1.82, 2.24) is 20.2 Å². The van der Waals surface area contributed by atoms with Crippen molar-refractivity contribution < 1.29 is 9.47 Å². The normalized spacial score (nSPS) is 10.9. The van der Waals surface area contributed by atoms with Gasteiger partial charge in [0.2, 0.25) is 0 Å². The number of anilines is 1. The van der Waals surface area contributed by atoms with Gasteiger partial charge in [-0.05, 0) is 28.6 Å². The summed E-state index contributed by atoms with van der Waals surface area (Å²) in [5.41, 5.74) is 7.34. The van der Waals surface area contributed by atoms with E-state index < -0.39 is 0 Å². The third kappa shape index (κ3) is 3.99. The molecule has 0 bridgehead atoms. The number of rotatable bonds is 7. The Kier molecular flexibility index (Phi) is 5.45. The van der Waals surface area contributed by atoms with Crippen LogP contribution in [-0.2, 0) is 16.0 Å². The van der Waals surface area contributed by atoms with Crippen molar-refractivity contribution in [3.8, 4) is 11.4 Å². The van der Waals surface area contributed by atoms with E-state index in [-0.39, 0.29) is 0 Å². The summed E-state index contributed by atoms with van der Waals surface area (Å²) in [7, 11) is 1.64. The van der Waals surface area contributed by atoms with Crippen LogP contribution in [0.25, 0.3) is 11.4 Å². The number of ether oxygens (including phenoxy) is 2. The summed E-state index contributed by atoms with van der Waals surface area (Å²) < 4.78 is 12.9. The molecule has 0 spiro atoms. The van der Waals surface area contributed by atoms with Crippen LogP contribution in [0.4, 0.5) is 5.69 Å². The van der Waals surface area contributed by atoms with Crippen LogP contribution in [0.2, 0.25) is 0 Å². The number of tetrazole rings is 1. The van der Waals surface area contributed by atoms with Crippen LogP contribution in [0, 0.1) is 0 Å². The quantitative estimate of drug-likeness (QED) is 0.604. The molecule has 108 valence electrons. The molecule has 0 atom stereocenters. The molecule has 0 aliphatic rings. The lowest BCUT2D eigenvalue weighted by molar-refractivity contribution is 0.0654. The lowest BCUT2D eigenvalue weighted by Gasteiger charge is -2.07. The van der Waals surface area contributed by atoms with Crippen LogP contribution >= 0.6 is 15.9 Å². The molecular weight excluding hydrogens is 326 g/mol. The standard InChI is InChI=1S/C12H16BrN5O2/c1-19-4-5-20-3-2-18-12(15-16-17-18)9-6-10(13)8-11(14)7-9/h6-8H,2-5,14H2,1H3. The first-order chi connectivity index (χ1) is 9.70. The molecule has 2 aromatic rings. The van der Waals surface area contributed by atoms with E-state index in [9.17, 15) is 0 Å². The van der Waals surface area contributed by atoms with E-state index in [1.54, 1.807) is 11.8 Å². The average molecular weight is 342 g/mol. The van der Waals surface area contributed by atoms with Gasteiger partial charge in [-0.3, -0.25) is 0 Å². The zero-order valence-electron chi connectivity index (χ0n) is 11.1. The lowest BCUT2D eigenvalue weighted by Crippen LogP contribution is -2.11. The van der Waals surface area contributed by atoms with Gasteiger partial charge in [0.1, 0.15) is 0 Å². The maximum atomic E-state index is 5.82. The molecule has 0 radical (unpaired) electrons. The van der Waals surface area contributed by atoms with Crippen molar-refractivity contribution >= 4 is 21.6 Å². The molecule has 8 heteroatoms. The molecule has 0 saturated carbocycles. The Labute approximate surface area is 125 Å². The van der Waals surface area contributed by atoms with Gasteiger partial charge in [0, 0.05) is 22.8 Å². The van der Waals surface area contributed by atoms with Gasteiger partial charge >= 0.3 is 0 Å². The summed E-state index contributed by atoms with van der Waals surface area (Å²) in [5.74, 6) is 0.661. The summed E-state index contributed by atoms with van der Waals surface area (Å²) in [5, 5.41) is 11.7. The van der Waals surface area contributed by atoms with Gasteiger partial charge < -0.3 is 15.2 Å². The Morgan fingerprint density at radius 3 is 2.85 bits per heavy atom. The number of hydrogen-bond donors (Lipinski definition) is 1. The van der Waals surface area contributed by atoms with Crippen LogP contribution in [0.15, 0.2) is 22.7 Å². The Hall–Kier alpha value is -1.51. The summed E-state index contributed by atoms with van der Waals surface area (Å²) in [4.78, 5) is 0. The van der Waals surface area contributed by atoms with Crippen molar-refractivity contribution in [2.24, 2.45) is 0 Å². The van der Waals surface area contributed by atoms with E-state index in [0.717, 1.165) is 10.0 Å². The SMILES string of the molecule is COCCOCCn1nnnc1-c1cc(N)cc(Br)c1. The van der Waals surface area contributed by atoms with E-state index in [4.69, 9.17) is 15.2 Å². The van der Waals surface area contributed by atoms with Crippen LogP contribution in [0.1, 0.15) is 0 Å². The third-order valence-electron chi connectivity index (χ3n) is 2.59. The molecule has 0 aliphatic heterocycles. The zero-order valence-corrected chi connectivity index (χ0v) is 12.7. The zero-order chi connectivity index (χ0) is 14.4. The Morgan fingerprint density at radius 2 is 2.10 bits per heavy atom. The van der Waals surface area contributed by atoms with Crippen molar-refractivity contribution in [2.45, 2.75) is 6.54 Å². The molecule has 20 heavy (non-hydrogen) atoms. The summed E-state index contributed by atoms with van der Waals surface area (Å²) in [6.45, 7) is 2.21. The molecule has 0 saturated heterocycles. The summed E-state index contributed by atoms with van der Waals surface area (Å²) in [6.07, 6.45) is 0. The minimum atomic E-state index is 0.519. The highest BCUT2D eigenvalue weighted by Gasteiger charge is 2.10. The first kappa shape index (κ1) is 14.9. The van der Waals surface area contributed by atoms with E-state index >= 15 is 0 Å². The van der Waals surface area contributed by atoms with E-state index in [1.807, 2.05) is 18.2 Å². The highest BCUT2D eigenvalue weighted by Crippen LogP contribution is 2.24. The lowest BCUT2D eigenvalue weighted by atomic mass is 10.2. The number of halogens is 1. The van der Waals surface area contributed by atoms with Crippen LogP contribution in [0.3, 0.4) is 0 Å². The Balaban J connectivity index is 2.04. The number of hydrogen-bond acceptors (Lipinski definition) is 6. The van der Waals surface area contributed by atoms with Gasteiger partial charge in [-0.15, -0.1) is 5.10 Å². The van der Waals surface area contributed by atoms with Crippen molar-refractivity contribution in [3.05, 3.63) is 22.7 Å². The van der Waals surface area contributed by atoms with Gasteiger partial charge in [0.05, 0.1) is 26.4 Å². The second kappa shape index (κ2) is 7.32. The predicted molar refractivity (Wildman–Crippen MR) is 78.1 cm³/mol. The number of nitrogens with two attached hydrogens (primary N) is 1. The largest absolute Gasteiger partial charge is 0.399 e. The van der Waals surface area contributed by atoms with Gasteiger partial charge in [0.15, 0.2) is 5.82 Å². The molecule has 0 unspecified atom stereocenters. The average Bonchev–Trinajstić information content (AvgIpc) is 2.86. The maximum Gasteiger partial charge on any atom is 0.182 e. The molecule has 0 amide bonds. The first-order valence-electron chi connectivity index (χ1n) is 6.10. The molecule has 2 N–H and O–H groups in total. The Bertz CT molecular complexity index is 540. The molecule has 1 aromatic carbocycles. The third-order valence-corrected chi connectivity index (χ3v) is 3.05. The molecule has 1 heterocycles. The molecule has 2 rings (SSSR count). The molecule has 1 aromatic heterocycles. The predicted octanol–water partition coefficient (Wildman–Crippen LogP) is 1.35. The van der Waals surface area contributed by atoms with Crippen molar-refractivity contribution in [3.63, 3.8) is 0 Å². The van der Waals surface area contributed by atoms with Crippen molar-refractivity contribution in [2.75, 3.05) is 32.7 Å². The highest BCUT2D eigenvalue weighted by atomic mass is 79.9. The Morgan fingerprint density at radius 1 is 1.25 bits per heavy atom. The number of nitrogens with zero attached hydrogens (tertiary/aromatic N) is 4. The summed E-state index contributed by atoms with van der Waals surface area (Å²) in [6, 6.07) is 5.58. The highest BCUT2D eigenvalue weighted by molar-refractivity contribution is 9.10. The fourth-order valence-electron chi connectivity index (χ4n) is 1.70.